The monoisotopic (exact) mass is 543 g/mol. The second-order valence-corrected chi connectivity index (χ2v) is 11.3. The van der Waals surface area contributed by atoms with Crippen molar-refractivity contribution in [3.05, 3.63) is 131 Å². The zero-order chi connectivity index (χ0) is 29.0. The molecule has 1 heterocycles. The molecule has 0 bridgehead atoms. The minimum absolute atomic E-state index is 0.0726. The number of carboxylic acids is 1. The number of para-hydroxylation sites is 1. The normalized spacial score (nSPS) is 12.5. The van der Waals surface area contributed by atoms with Gasteiger partial charge in [0.2, 0.25) is 5.91 Å². The molecule has 1 aromatic heterocycles. The summed E-state index contributed by atoms with van der Waals surface area (Å²) in [5.41, 5.74) is 5.56. The summed E-state index contributed by atoms with van der Waals surface area (Å²) < 4.78 is 5.98. The third-order valence-electron chi connectivity index (χ3n) is 6.93. The summed E-state index contributed by atoms with van der Waals surface area (Å²) in [7, 11) is 0. The average Bonchev–Trinajstić information content (AvgIpc) is 3.40. The van der Waals surface area contributed by atoms with Crippen molar-refractivity contribution in [2.75, 3.05) is 5.32 Å². The summed E-state index contributed by atoms with van der Waals surface area (Å²) in [4.78, 5) is 25.0. The van der Waals surface area contributed by atoms with Crippen molar-refractivity contribution in [3.63, 3.8) is 0 Å². The Balaban J connectivity index is 1.37. The van der Waals surface area contributed by atoms with Crippen LogP contribution >= 0.6 is 0 Å². The minimum Gasteiger partial charge on any atom is -0.478 e. The van der Waals surface area contributed by atoms with E-state index in [0.29, 0.717) is 12.1 Å². The molecule has 5 nitrogen and oxygen atoms in total. The molecule has 2 N–H and O–H groups in total. The summed E-state index contributed by atoms with van der Waals surface area (Å²) in [6.45, 7) is 6.45. The topological polar surface area (TPSA) is 79.5 Å². The van der Waals surface area contributed by atoms with Gasteiger partial charge >= 0.3 is 5.97 Å². The summed E-state index contributed by atoms with van der Waals surface area (Å²) in [6.07, 6.45) is 4.68. The second-order valence-electron chi connectivity index (χ2n) is 11.3. The number of allylic oxidation sites excluding steroid dienone is 1. The zero-order valence-corrected chi connectivity index (χ0v) is 23.4. The highest BCUT2D eigenvalue weighted by Gasteiger charge is 2.22. The molecule has 0 aliphatic heterocycles. The van der Waals surface area contributed by atoms with Gasteiger partial charge in [0, 0.05) is 16.6 Å². The van der Waals surface area contributed by atoms with E-state index in [4.69, 9.17) is 4.42 Å². The number of rotatable bonds is 8. The number of hydrogen-bond acceptors (Lipinski definition) is 3. The molecular weight excluding hydrogens is 510 g/mol. The van der Waals surface area contributed by atoms with Crippen molar-refractivity contribution in [1.29, 1.82) is 0 Å². The number of amides is 1. The molecule has 5 rings (SSSR count). The highest BCUT2D eigenvalue weighted by atomic mass is 16.4. The number of aromatic carboxylic acids is 1. The molecule has 0 fully saturated rings. The quantitative estimate of drug-likeness (QED) is 0.205. The first-order valence-corrected chi connectivity index (χ1v) is 13.7. The van der Waals surface area contributed by atoms with E-state index in [-0.39, 0.29) is 16.9 Å². The van der Waals surface area contributed by atoms with Crippen molar-refractivity contribution in [3.8, 4) is 11.3 Å². The number of anilines is 1. The molecule has 206 valence electrons. The van der Waals surface area contributed by atoms with E-state index in [2.05, 4.69) is 38.2 Å². The van der Waals surface area contributed by atoms with Crippen molar-refractivity contribution >= 4 is 34.6 Å². The van der Waals surface area contributed by atoms with Gasteiger partial charge in [-0.15, -0.1) is 0 Å². The van der Waals surface area contributed by atoms with Gasteiger partial charge in [0.1, 0.15) is 11.3 Å². The number of carboxylic acid groups (broad SMARTS) is 1. The number of carbonyl (C=O) groups is 2. The maximum atomic E-state index is 13.7. The van der Waals surface area contributed by atoms with Crippen LogP contribution in [0.25, 0.3) is 28.4 Å². The second kappa shape index (κ2) is 11.7. The van der Waals surface area contributed by atoms with E-state index >= 15 is 0 Å². The van der Waals surface area contributed by atoms with Gasteiger partial charge in [-0.1, -0.05) is 87.5 Å². The van der Waals surface area contributed by atoms with E-state index in [9.17, 15) is 14.7 Å². The van der Waals surface area contributed by atoms with Crippen LogP contribution < -0.4 is 5.32 Å². The lowest BCUT2D eigenvalue weighted by atomic mass is 9.89. The number of furan rings is 1. The molecule has 0 aliphatic rings. The van der Waals surface area contributed by atoms with Crippen LogP contribution in [0.15, 0.2) is 114 Å². The van der Waals surface area contributed by atoms with Crippen molar-refractivity contribution in [1.82, 2.24) is 0 Å². The molecule has 41 heavy (non-hydrogen) atoms. The van der Waals surface area contributed by atoms with Gasteiger partial charge in [-0.3, -0.25) is 4.79 Å². The van der Waals surface area contributed by atoms with Crippen LogP contribution in [0.2, 0.25) is 0 Å². The molecule has 0 spiro atoms. The Morgan fingerprint density at radius 1 is 0.878 bits per heavy atom. The van der Waals surface area contributed by atoms with Crippen LogP contribution in [0.3, 0.4) is 0 Å². The molecule has 1 atom stereocenters. The third kappa shape index (κ3) is 7.00. The van der Waals surface area contributed by atoms with Crippen LogP contribution in [-0.2, 0) is 11.2 Å². The van der Waals surface area contributed by atoms with Crippen molar-refractivity contribution < 1.29 is 19.1 Å². The predicted octanol–water partition coefficient (Wildman–Crippen LogP) is 8.82. The van der Waals surface area contributed by atoms with Crippen LogP contribution in [-0.4, -0.2) is 17.0 Å². The standard InChI is InChI=1S/C36H33NO4/c1-36(2,3)21-20-24-8-12-26(13-9-24)31(22-25-10-14-28(15-11-25)35(39)40)34(38)37-30-18-16-27(17-19-30)33-23-29-6-4-5-7-32(29)41-33/h4-21,23,31H,22H2,1-3H3,(H,37,38)(H,39,40)/t31-/m1/s1. The molecule has 1 amide bonds. The smallest absolute Gasteiger partial charge is 0.335 e. The van der Waals surface area contributed by atoms with Crippen LogP contribution in [0, 0.1) is 5.41 Å². The SMILES string of the molecule is CC(C)(C)C=Cc1ccc([C@@H](Cc2ccc(C(=O)O)cc2)C(=O)Nc2ccc(-c3cc4ccccc4o3)cc2)cc1. The van der Waals surface area contributed by atoms with E-state index in [1.165, 1.54) is 0 Å². The molecule has 4 aromatic carbocycles. The molecule has 5 heteroatoms. The highest BCUT2D eigenvalue weighted by molar-refractivity contribution is 5.96. The first-order valence-electron chi connectivity index (χ1n) is 13.7. The number of fused-ring (bicyclic) bond motifs is 1. The van der Waals surface area contributed by atoms with E-state index in [1.54, 1.807) is 24.3 Å². The Kier molecular flexibility index (Phi) is 7.88. The van der Waals surface area contributed by atoms with Crippen LogP contribution in [0.5, 0.6) is 0 Å². The summed E-state index contributed by atoms with van der Waals surface area (Å²) in [6, 6.07) is 32.2. The molecule has 0 saturated heterocycles. The first kappa shape index (κ1) is 27.7. The Morgan fingerprint density at radius 3 is 2.20 bits per heavy atom. The average molecular weight is 544 g/mol. The predicted molar refractivity (Wildman–Crippen MR) is 165 cm³/mol. The van der Waals surface area contributed by atoms with Gasteiger partial charge in [0.15, 0.2) is 0 Å². The summed E-state index contributed by atoms with van der Waals surface area (Å²) >= 11 is 0. The maximum Gasteiger partial charge on any atom is 0.335 e. The molecular formula is C36H33NO4. The third-order valence-corrected chi connectivity index (χ3v) is 6.93. The largest absolute Gasteiger partial charge is 0.478 e. The molecule has 0 saturated carbocycles. The lowest BCUT2D eigenvalue weighted by Crippen LogP contribution is -2.23. The minimum atomic E-state index is -0.976. The fraction of sp³-hybridized carbons (Fsp3) is 0.167. The van der Waals surface area contributed by atoms with E-state index in [1.807, 2.05) is 78.9 Å². The Labute approximate surface area is 240 Å². The van der Waals surface area contributed by atoms with Gasteiger partial charge in [-0.05, 0) is 77.1 Å². The number of nitrogens with one attached hydrogen (secondary N) is 1. The fourth-order valence-corrected chi connectivity index (χ4v) is 4.64. The molecule has 0 unspecified atom stereocenters. The van der Waals surface area contributed by atoms with Gasteiger partial charge in [0.25, 0.3) is 0 Å². The number of carbonyl (C=O) groups excluding carboxylic acids is 1. The zero-order valence-electron chi connectivity index (χ0n) is 23.4. The number of hydrogen-bond donors (Lipinski definition) is 2. The van der Waals surface area contributed by atoms with Gasteiger partial charge in [-0.25, -0.2) is 4.79 Å². The maximum absolute atomic E-state index is 13.7. The molecule has 0 radical (unpaired) electrons. The van der Waals surface area contributed by atoms with Gasteiger partial charge in [0.05, 0.1) is 11.5 Å². The van der Waals surface area contributed by atoms with E-state index < -0.39 is 11.9 Å². The fourth-order valence-electron chi connectivity index (χ4n) is 4.64. The van der Waals surface area contributed by atoms with Crippen molar-refractivity contribution in [2.45, 2.75) is 33.1 Å². The molecule has 0 aliphatic carbocycles. The van der Waals surface area contributed by atoms with Crippen molar-refractivity contribution in [2.24, 2.45) is 5.41 Å². The Morgan fingerprint density at radius 2 is 1.56 bits per heavy atom. The lowest BCUT2D eigenvalue weighted by Gasteiger charge is -2.18. The number of benzene rings is 4. The van der Waals surface area contributed by atoms with Gasteiger partial charge < -0.3 is 14.8 Å². The van der Waals surface area contributed by atoms with Crippen LogP contribution in [0.1, 0.15) is 53.7 Å². The Bertz CT molecular complexity index is 1650. The van der Waals surface area contributed by atoms with E-state index in [0.717, 1.165) is 39.0 Å². The summed E-state index contributed by atoms with van der Waals surface area (Å²) in [5.74, 6) is -0.814. The van der Waals surface area contributed by atoms with Gasteiger partial charge in [-0.2, -0.15) is 0 Å². The van der Waals surface area contributed by atoms with Crippen LogP contribution in [0.4, 0.5) is 5.69 Å². The highest BCUT2D eigenvalue weighted by Crippen LogP contribution is 2.30. The Hall–Kier alpha value is -4.90. The molecule has 5 aromatic rings. The summed E-state index contributed by atoms with van der Waals surface area (Å²) in [5, 5.41) is 13.4. The first-order chi connectivity index (χ1) is 19.6. The lowest BCUT2D eigenvalue weighted by molar-refractivity contribution is -0.117.